The summed E-state index contributed by atoms with van der Waals surface area (Å²) < 4.78 is 0. The van der Waals surface area contributed by atoms with Gasteiger partial charge in [-0.1, -0.05) is 19.9 Å². The van der Waals surface area contributed by atoms with E-state index >= 15 is 0 Å². The summed E-state index contributed by atoms with van der Waals surface area (Å²) in [7, 11) is 0. The third kappa shape index (κ3) is 1.19. The molecule has 1 fully saturated rings. The number of Topliss-reactive ketones (excluding diaryl/α,β-unsaturated/α-hetero) is 1. The maximum absolute atomic E-state index is 11.7. The summed E-state index contributed by atoms with van der Waals surface area (Å²) in [6, 6.07) is 2.20. The van der Waals surface area contributed by atoms with Gasteiger partial charge in [0.25, 0.3) is 0 Å². The van der Waals surface area contributed by atoms with Crippen molar-refractivity contribution >= 4 is 5.78 Å². The predicted octanol–water partition coefficient (Wildman–Crippen LogP) is 2.46. The van der Waals surface area contributed by atoms with Crippen molar-refractivity contribution in [2.24, 2.45) is 10.8 Å². The second-order valence-electron chi connectivity index (χ2n) is 4.22. The molecule has 13 heavy (non-hydrogen) atoms. The van der Waals surface area contributed by atoms with Crippen molar-refractivity contribution in [2.75, 3.05) is 0 Å². The van der Waals surface area contributed by atoms with Crippen LogP contribution in [-0.4, -0.2) is 5.78 Å². The van der Waals surface area contributed by atoms with Gasteiger partial charge in [-0.3, -0.25) is 4.79 Å². The number of allylic oxidation sites excluding steroid dienone is 1. The van der Waals surface area contributed by atoms with Gasteiger partial charge >= 0.3 is 0 Å². The largest absolute Gasteiger partial charge is 0.298 e. The maximum atomic E-state index is 11.7. The molecule has 1 rings (SSSR count). The Morgan fingerprint density at radius 1 is 1.69 bits per heavy atom. The normalized spacial score (nSPS) is 28.5. The minimum atomic E-state index is -0.811. The number of hydrogen-bond acceptors (Lipinski definition) is 2. The Morgan fingerprint density at radius 3 is 2.62 bits per heavy atom. The molecule has 0 aromatic heterocycles. The molecule has 1 aliphatic carbocycles. The minimum Gasteiger partial charge on any atom is -0.298 e. The minimum absolute atomic E-state index is 0.0832. The van der Waals surface area contributed by atoms with Crippen LogP contribution in [0.3, 0.4) is 0 Å². The summed E-state index contributed by atoms with van der Waals surface area (Å²) in [6.07, 6.45) is 3.79. The molecule has 0 radical (unpaired) electrons. The van der Waals surface area contributed by atoms with Gasteiger partial charge in [-0.2, -0.15) is 5.26 Å². The number of nitriles is 1. The first-order valence-corrected chi connectivity index (χ1v) is 4.58. The zero-order chi connectivity index (χ0) is 10.1. The predicted molar refractivity (Wildman–Crippen MR) is 50.9 cm³/mol. The van der Waals surface area contributed by atoms with Crippen molar-refractivity contribution in [3.63, 3.8) is 0 Å². The van der Waals surface area contributed by atoms with Gasteiger partial charge in [0.15, 0.2) is 5.78 Å². The number of nitrogens with zero attached hydrogens (tertiary/aromatic N) is 1. The van der Waals surface area contributed by atoms with Crippen LogP contribution < -0.4 is 0 Å². The first-order chi connectivity index (χ1) is 6.00. The third-order valence-corrected chi connectivity index (χ3v) is 3.23. The Hall–Kier alpha value is -1.10. The maximum Gasteiger partial charge on any atom is 0.153 e. The molecule has 70 valence electrons. The molecule has 1 atom stereocenters. The van der Waals surface area contributed by atoms with Gasteiger partial charge in [0.1, 0.15) is 5.41 Å². The van der Waals surface area contributed by atoms with E-state index in [1.54, 1.807) is 6.08 Å². The van der Waals surface area contributed by atoms with E-state index < -0.39 is 10.8 Å². The fourth-order valence-corrected chi connectivity index (χ4v) is 1.98. The van der Waals surface area contributed by atoms with Crippen molar-refractivity contribution < 1.29 is 4.79 Å². The average molecular weight is 177 g/mol. The molecule has 0 aromatic carbocycles. The highest BCUT2D eigenvalue weighted by Crippen LogP contribution is 2.48. The van der Waals surface area contributed by atoms with E-state index in [4.69, 9.17) is 5.26 Å². The van der Waals surface area contributed by atoms with Gasteiger partial charge in [-0.25, -0.2) is 0 Å². The third-order valence-electron chi connectivity index (χ3n) is 3.23. The first kappa shape index (κ1) is 9.98. The number of rotatable bonds is 2. The summed E-state index contributed by atoms with van der Waals surface area (Å²) >= 11 is 0. The fourth-order valence-electron chi connectivity index (χ4n) is 1.98. The quantitative estimate of drug-likeness (QED) is 0.608. The van der Waals surface area contributed by atoms with Crippen molar-refractivity contribution in [3.8, 4) is 6.07 Å². The molecule has 1 saturated carbocycles. The highest BCUT2D eigenvalue weighted by molar-refractivity contribution is 5.90. The summed E-state index contributed by atoms with van der Waals surface area (Å²) in [5.74, 6) is 0.0832. The molecule has 0 saturated heterocycles. The van der Waals surface area contributed by atoms with E-state index in [1.807, 2.05) is 13.8 Å². The molecule has 2 nitrogen and oxygen atoms in total. The summed E-state index contributed by atoms with van der Waals surface area (Å²) in [6.45, 7) is 7.52. The van der Waals surface area contributed by atoms with Gasteiger partial charge in [-0.05, 0) is 12.8 Å². The van der Waals surface area contributed by atoms with Crippen molar-refractivity contribution in [1.82, 2.24) is 0 Å². The summed E-state index contributed by atoms with van der Waals surface area (Å²) in [4.78, 5) is 11.7. The Labute approximate surface area is 79.2 Å². The lowest BCUT2D eigenvalue weighted by atomic mass is 9.65. The standard InChI is InChI=1S/C11H15NO/c1-4-10(2,3)11(8-12)7-5-6-9(11)13/h4H,1,5-7H2,2-3H3. The van der Waals surface area contributed by atoms with Crippen LogP contribution in [-0.2, 0) is 4.79 Å². The van der Waals surface area contributed by atoms with Crippen molar-refractivity contribution in [1.29, 1.82) is 5.26 Å². The highest BCUT2D eigenvalue weighted by atomic mass is 16.1. The summed E-state index contributed by atoms with van der Waals surface area (Å²) in [5.41, 5.74) is -1.22. The second-order valence-corrected chi connectivity index (χ2v) is 4.22. The van der Waals surface area contributed by atoms with E-state index in [0.29, 0.717) is 12.8 Å². The number of ketones is 1. The van der Waals surface area contributed by atoms with Crippen molar-refractivity contribution in [2.45, 2.75) is 33.1 Å². The summed E-state index contributed by atoms with van der Waals surface area (Å²) in [5, 5.41) is 9.14. The SMILES string of the molecule is C=CC(C)(C)C1(C#N)CCCC1=O. The Balaban J connectivity index is 3.16. The molecular formula is C11H15NO. The lowest BCUT2D eigenvalue weighted by Gasteiger charge is -2.34. The van der Waals surface area contributed by atoms with E-state index in [9.17, 15) is 4.79 Å². The molecule has 0 bridgehead atoms. The number of hydrogen-bond donors (Lipinski definition) is 0. The molecular weight excluding hydrogens is 162 g/mol. The first-order valence-electron chi connectivity index (χ1n) is 4.58. The zero-order valence-corrected chi connectivity index (χ0v) is 8.26. The Kier molecular flexibility index (Phi) is 2.30. The van der Waals surface area contributed by atoms with Gasteiger partial charge in [0.05, 0.1) is 6.07 Å². The van der Waals surface area contributed by atoms with Crippen LogP contribution in [0.25, 0.3) is 0 Å². The van der Waals surface area contributed by atoms with E-state index in [2.05, 4.69) is 12.6 Å². The van der Waals surface area contributed by atoms with E-state index in [1.165, 1.54) is 0 Å². The fraction of sp³-hybridized carbons (Fsp3) is 0.636. The van der Waals surface area contributed by atoms with Gasteiger partial charge in [-0.15, -0.1) is 6.58 Å². The molecule has 0 N–H and O–H groups in total. The average Bonchev–Trinajstić information content (AvgIpc) is 2.48. The highest BCUT2D eigenvalue weighted by Gasteiger charge is 2.52. The van der Waals surface area contributed by atoms with Crippen LogP contribution in [0.1, 0.15) is 33.1 Å². The van der Waals surface area contributed by atoms with Crippen LogP contribution in [0.2, 0.25) is 0 Å². The van der Waals surface area contributed by atoms with Gasteiger partial charge in [0.2, 0.25) is 0 Å². The van der Waals surface area contributed by atoms with Crippen LogP contribution >= 0.6 is 0 Å². The zero-order valence-electron chi connectivity index (χ0n) is 8.26. The molecule has 0 heterocycles. The van der Waals surface area contributed by atoms with Crippen LogP contribution in [0, 0.1) is 22.2 Å². The molecule has 0 aliphatic heterocycles. The Morgan fingerprint density at radius 2 is 2.31 bits per heavy atom. The monoisotopic (exact) mass is 177 g/mol. The lowest BCUT2D eigenvalue weighted by Crippen LogP contribution is -2.38. The number of carbonyl (C=O) groups excluding carboxylic acids is 1. The van der Waals surface area contributed by atoms with Gasteiger partial charge in [0, 0.05) is 11.8 Å². The van der Waals surface area contributed by atoms with Crippen LogP contribution in [0.15, 0.2) is 12.7 Å². The van der Waals surface area contributed by atoms with E-state index in [0.717, 1.165) is 6.42 Å². The molecule has 2 heteroatoms. The van der Waals surface area contributed by atoms with Crippen LogP contribution in [0.4, 0.5) is 0 Å². The van der Waals surface area contributed by atoms with E-state index in [-0.39, 0.29) is 5.78 Å². The van der Waals surface area contributed by atoms with Crippen LogP contribution in [0.5, 0.6) is 0 Å². The smallest absolute Gasteiger partial charge is 0.153 e. The Bertz CT molecular complexity index is 285. The molecule has 1 aliphatic rings. The molecule has 0 amide bonds. The van der Waals surface area contributed by atoms with Gasteiger partial charge < -0.3 is 0 Å². The topological polar surface area (TPSA) is 40.9 Å². The number of carbonyl (C=O) groups is 1. The lowest BCUT2D eigenvalue weighted by molar-refractivity contribution is -0.126. The molecule has 0 spiro atoms. The second kappa shape index (κ2) is 2.99. The molecule has 1 unspecified atom stereocenters. The van der Waals surface area contributed by atoms with Crippen molar-refractivity contribution in [3.05, 3.63) is 12.7 Å². The molecule has 0 aromatic rings.